The Hall–Kier alpha value is -1.43. The Kier molecular flexibility index (Phi) is 5.11. The summed E-state index contributed by atoms with van der Waals surface area (Å²) in [5, 5.41) is 12.1. The Balaban J connectivity index is 2.02. The Morgan fingerprint density at radius 2 is 2.20 bits per heavy atom. The second kappa shape index (κ2) is 6.83. The van der Waals surface area contributed by atoms with Crippen molar-refractivity contribution in [1.29, 1.82) is 0 Å². The molecule has 1 aromatic rings. The molecule has 1 unspecified atom stereocenters. The lowest BCUT2D eigenvalue weighted by molar-refractivity contribution is -0.121. The van der Waals surface area contributed by atoms with Crippen molar-refractivity contribution >= 4 is 11.6 Å². The van der Waals surface area contributed by atoms with Gasteiger partial charge in [0.15, 0.2) is 0 Å². The summed E-state index contributed by atoms with van der Waals surface area (Å²) in [6, 6.07) is 7.75. The number of nitrogens with one attached hydrogen (secondary N) is 1. The average Bonchev–Trinajstić information content (AvgIpc) is 3.29. The minimum atomic E-state index is -0.250. The second-order valence-electron chi connectivity index (χ2n) is 5.22. The Morgan fingerprint density at radius 1 is 1.50 bits per heavy atom. The summed E-state index contributed by atoms with van der Waals surface area (Å²) in [6.07, 6.45) is 2.22. The largest absolute Gasteiger partial charge is 0.395 e. The summed E-state index contributed by atoms with van der Waals surface area (Å²) >= 11 is 0. The van der Waals surface area contributed by atoms with Gasteiger partial charge in [-0.25, -0.2) is 0 Å². The smallest absolute Gasteiger partial charge is 0.241 e. The zero-order valence-electron chi connectivity index (χ0n) is 11.9. The molecular weight excluding hydrogens is 254 g/mol. The van der Waals surface area contributed by atoms with Crippen LogP contribution in [0.5, 0.6) is 0 Å². The number of para-hydroxylation sites is 1. The van der Waals surface area contributed by atoms with Gasteiger partial charge in [0, 0.05) is 24.8 Å². The van der Waals surface area contributed by atoms with Crippen LogP contribution in [0.2, 0.25) is 0 Å². The normalized spacial score (nSPS) is 16.2. The molecule has 0 saturated heterocycles. The van der Waals surface area contributed by atoms with Crippen molar-refractivity contribution in [3.8, 4) is 0 Å². The molecule has 1 amide bonds. The summed E-state index contributed by atoms with van der Waals surface area (Å²) in [6.45, 7) is 2.90. The van der Waals surface area contributed by atoms with E-state index in [1.165, 1.54) is 0 Å². The minimum Gasteiger partial charge on any atom is -0.395 e. The van der Waals surface area contributed by atoms with E-state index in [-0.39, 0.29) is 18.6 Å². The average molecular weight is 277 g/mol. The molecule has 0 heterocycles. The van der Waals surface area contributed by atoms with Crippen molar-refractivity contribution in [2.75, 3.05) is 18.5 Å². The molecule has 1 atom stereocenters. The van der Waals surface area contributed by atoms with Crippen molar-refractivity contribution in [1.82, 2.24) is 4.90 Å². The van der Waals surface area contributed by atoms with E-state index in [1.807, 2.05) is 31.2 Å². The lowest BCUT2D eigenvalue weighted by Crippen LogP contribution is -2.44. The number of nitrogens with zero attached hydrogens (tertiary/aromatic N) is 1. The third-order valence-electron chi connectivity index (χ3n) is 3.75. The summed E-state index contributed by atoms with van der Waals surface area (Å²) in [5.74, 6) is -0.0498. The molecule has 2 rings (SSSR count). The van der Waals surface area contributed by atoms with Gasteiger partial charge in [-0.3, -0.25) is 9.69 Å². The number of aliphatic hydroxyl groups excluding tert-OH is 1. The highest BCUT2D eigenvalue weighted by Crippen LogP contribution is 2.28. The third-order valence-corrected chi connectivity index (χ3v) is 3.75. The maximum atomic E-state index is 12.4. The first-order valence-corrected chi connectivity index (χ1v) is 7.12. The van der Waals surface area contributed by atoms with E-state index in [2.05, 4.69) is 10.2 Å². The van der Waals surface area contributed by atoms with Gasteiger partial charge < -0.3 is 16.2 Å². The zero-order chi connectivity index (χ0) is 14.5. The molecule has 0 radical (unpaired) electrons. The van der Waals surface area contributed by atoms with E-state index < -0.39 is 0 Å². The lowest BCUT2D eigenvalue weighted by atomic mass is 10.1. The summed E-state index contributed by atoms with van der Waals surface area (Å²) in [7, 11) is 0. The highest BCUT2D eigenvalue weighted by Gasteiger charge is 2.34. The van der Waals surface area contributed by atoms with Gasteiger partial charge in [-0.05, 0) is 31.4 Å². The maximum absolute atomic E-state index is 12.4. The highest BCUT2D eigenvalue weighted by molar-refractivity contribution is 5.95. The first-order valence-electron chi connectivity index (χ1n) is 7.12. The second-order valence-corrected chi connectivity index (χ2v) is 5.22. The van der Waals surface area contributed by atoms with Crippen LogP contribution in [-0.2, 0) is 11.3 Å². The number of amides is 1. The fourth-order valence-corrected chi connectivity index (χ4v) is 2.42. The molecule has 0 bridgehead atoms. The van der Waals surface area contributed by atoms with Gasteiger partial charge >= 0.3 is 0 Å². The topological polar surface area (TPSA) is 78.6 Å². The van der Waals surface area contributed by atoms with E-state index in [0.29, 0.717) is 19.1 Å². The molecule has 1 saturated carbocycles. The number of carbonyl (C=O) groups excluding carboxylic acids is 1. The van der Waals surface area contributed by atoms with E-state index in [9.17, 15) is 4.79 Å². The molecule has 1 aliphatic carbocycles. The summed E-state index contributed by atoms with van der Waals surface area (Å²) in [5.41, 5.74) is 7.37. The van der Waals surface area contributed by atoms with Crippen LogP contribution in [0, 0.1) is 0 Å². The first kappa shape index (κ1) is 15.0. The molecule has 1 fully saturated rings. The number of benzene rings is 1. The number of hydrogen-bond donors (Lipinski definition) is 3. The van der Waals surface area contributed by atoms with Crippen molar-refractivity contribution in [2.45, 2.75) is 38.4 Å². The standard InChI is InChI=1S/C15H23N3O2/c1-11(18(8-9-19)13-6-7-13)15(20)17-14-5-3-2-4-12(14)10-16/h2-5,11,13,19H,6-10,16H2,1H3,(H,17,20). The number of carbonyl (C=O) groups is 1. The molecule has 5 nitrogen and oxygen atoms in total. The van der Waals surface area contributed by atoms with Gasteiger partial charge in [0.1, 0.15) is 0 Å². The number of hydrogen-bond acceptors (Lipinski definition) is 4. The molecule has 0 spiro atoms. The summed E-state index contributed by atoms with van der Waals surface area (Å²) in [4.78, 5) is 14.4. The van der Waals surface area contributed by atoms with Crippen LogP contribution in [0.15, 0.2) is 24.3 Å². The van der Waals surface area contributed by atoms with Crippen molar-refractivity contribution in [3.63, 3.8) is 0 Å². The predicted molar refractivity (Wildman–Crippen MR) is 79.2 cm³/mol. The van der Waals surface area contributed by atoms with E-state index in [1.54, 1.807) is 0 Å². The van der Waals surface area contributed by atoms with Gasteiger partial charge in [-0.2, -0.15) is 0 Å². The Morgan fingerprint density at radius 3 is 2.80 bits per heavy atom. The SMILES string of the molecule is CC(C(=O)Nc1ccccc1CN)N(CCO)C1CC1. The quantitative estimate of drug-likeness (QED) is 0.693. The van der Waals surface area contributed by atoms with Crippen LogP contribution in [0.4, 0.5) is 5.69 Å². The Labute approximate surface area is 119 Å². The fourth-order valence-electron chi connectivity index (χ4n) is 2.42. The van der Waals surface area contributed by atoms with Crippen LogP contribution in [0.1, 0.15) is 25.3 Å². The predicted octanol–water partition coefficient (Wildman–Crippen LogP) is 0.929. The van der Waals surface area contributed by atoms with Crippen LogP contribution in [0.25, 0.3) is 0 Å². The van der Waals surface area contributed by atoms with Gasteiger partial charge in [0.25, 0.3) is 0 Å². The van der Waals surface area contributed by atoms with Gasteiger partial charge in [-0.15, -0.1) is 0 Å². The van der Waals surface area contributed by atoms with E-state index >= 15 is 0 Å². The van der Waals surface area contributed by atoms with Crippen LogP contribution in [-0.4, -0.2) is 41.1 Å². The monoisotopic (exact) mass is 277 g/mol. The van der Waals surface area contributed by atoms with Crippen LogP contribution < -0.4 is 11.1 Å². The van der Waals surface area contributed by atoms with Crippen molar-refractivity contribution in [3.05, 3.63) is 29.8 Å². The molecule has 5 heteroatoms. The first-order chi connectivity index (χ1) is 9.67. The summed E-state index contributed by atoms with van der Waals surface area (Å²) < 4.78 is 0. The molecule has 1 aromatic carbocycles. The highest BCUT2D eigenvalue weighted by atomic mass is 16.3. The molecule has 1 aliphatic rings. The lowest BCUT2D eigenvalue weighted by Gasteiger charge is -2.27. The number of aliphatic hydroxyl groups is 1. The van der Waals surface area contributed by atoms with Crippen LogP contribution in [0.3, 0.4) is 0 Å². The molecule has 110 valence electrons. The molecule has 0 aliphatic heterocycles. The van der Waals surface area contributed by atoms with Crippen molar-refractivity contribution < 1.29 is 9.90 Å². The van der Waals surface area contributed by atoms with Crippen LogP contribution >= 0.6 is 0 Å². The molecule has 20 heavy (non-hydrogen) atoms. The minimum absolute atomic E-state index is 0.0498. The van der Waals surface area contributed by atoms with E-state index in [4.69, 9.17) is 10.8 Å². The maximum Gasteiger partial charge on any atom is 0.241 e. The van der Waals surface area contributed by atoms with Gasteiger partial charge in [0.2, 0.25) is 5.91 Å². The third kappa shape index (κ3) is 3.56. The molecular formula is C15H23N3O2. The molecule has 0 aromatic heterocycles. The number of rotatable bonds is 7. The van der Waals surface area contributed by atoms with Crippen molar-refractivity contribution in [2.24, 2.45) is 5.73 Å². The zero-order valence-corrected chi connectivity index (χ0v) is 11.9. The number of anilines is 1. The van der Waals surface area contributed by atoms with E-state index in [0.717, 1.165) is 24.1 Å². The van der Waals surface area contributed by atoms with Gasteiger partial charge in [-0.1, -0.05) is 18.2 Å². The fraction of sp³-hybridized carbons (Fsp3) is 0.533. The molecule has 4 N–H and O–H groups in total. The van der Waals surface area contributed by atoms with Gasteiger partial charge in [0.05, 0.1) is 12.6 Å². The number of nitrogens with two attached hydrogens (primary N) is 1. The Bertz CT molecular complexity index is 460.